The van der Waals surface area contributed by atoms with Gasteiger partial charge in [-0.05, 0) is 54.0 Å². The molecule has 1 aromatic heterocycles. The van der Waals surface area contributed by atoms with Crippen LogP contribution in [0.2, 0.25) is 0 Å². The topological polar surface area (TPSA) is 36.6 Å². The largest absolute Gasteiger partial charge is 0.452 e. The van der Waals surface area contributed by atoms with Crippen LogP contribution in [0.1, 0.15) is 37.5 Å². The van der Waals surface area contributed by atoms with Gasteiger partial charge in [0.2, 0.25) is 0 Å². The summed E-state index contributed by atoms with van der Waals surface area (Å²) in [7, 11) is 0. The third-order valence-electron chi connectivity index (χ3n) is 3.05. The molecule has 1 aliphatic rings. The first-order valence-corrected chi connectivity index (χ1v) is 6.70. The highest BCUT2D eigenvalue weighted by molar-refractivity contribution is 9.10. The maximum atomic E-state index is 10.0. The minimum Gasteiger partial charge on any atom is -0.452 e. The van der Waals surface area contributed by atoms with Crippen molar-refractivity contribution in [2.45, 2.75) is 31.8 Å². The molecule has 2 heterocycles. The highest BCUT2D eigenvalue weighted by atomic mass is 79.9. The Bertz CT molecular complexity index is 319. The Labute approximate surface area is 105 Å². The van der Waals surface area contributed by atoms with Gasteiger partial charge in [-0.15, -0.1) is 0 Å². The van der Waals surface area contributed by atoms with E-state index in [4.69, 9.17) is 4.42 Å². The second kappa shape index (κ2) is 5.84. The number of aliphatic hydroxyl groups excluding tert-OH is 1. The fourth-order valence-electron chi connectivity index (χ4n) is 2.16. The molecular formula is C12H18BrNO2. The van der Waals surface area contributed by atoms with E-state index in [0.717, 1.165) is 13.1 Å². The van der Waals surface area contributed by atoms with Crippen molar-refractivity contribution in [3.05, 3.63) is 22.6 Å². The summed E-state index contributed by atoms with van der Waals surface area (Å²) in [5.74, 6) is 0.649. The summed E-state index contributed by atoms with van der Waals surface area (Å²) in [6.07, 6.45) is 4.62. The molecular weight excluding hydrogens is 270 g/mol. The average molecular weight is 288 g/mol. The van der Waals surface area contributed by atoms with Gasteiger partial charge in [0.15, 0.2) is 4.67 Å². The summed E-state index contributed by atoms with van der Waals surface area (Å²) in [6, 6.07) is 3.65. The van der Waals surface area contributed by atoms with Crippen LogP contribution < -0.4 is 0 Å². The highest BCUT2D eigenvalue weighted by Crippen LogP contribution is 2.22. The zero-order valence-corrected chi connectivity index (χ0v) is 10.9. The van der Waals surface area contributed by atoms with E-state index in [9.17, 15) is 5.11 Å². The minimum atomic E-state index is -0.510. The molecule has 1 aromatic rings. The number of aliphatic hydroxyl groups is 1. The van der Waals surface area contributed by atoms with Crippen LogP contribution >= 0.6 is 15.9 Å². The first-order chi connectivity index (χ1) is 7.75. The quantitative estimate of drug-likeness (QED) is 0.929. The molecule has 0 radical (unpaired) electrons. The summed E-state index contributed by atoms with van der Waals surface area (Å²) in [5.41, 5.74) is 0. The van der Waals surface area contributed by atoms with E-state index in [2.05, 4.69) is 20.8 Å². The van der Waals surface area contributed by atoms with Gasteiger partial charge >= 0.3 is 0 Å². The number of β-amino-alcohol motifs (C(OH)–C–C–N with tert-alkyl or cyclic N) is 1. The van der Waals surface area contributed by atoms with Crippen LogP contribution in [0.3, 0.4) is 0 Å². The Kier molecular flexibility index (Phi) is 4.44. The van der Waals surface area contributed by atoms with Crippen molar-refractivity contribution >= 4 is 15.9 Å². The summed E-state index contributed by atoms with van der Waals surface area (Å²) < 4.78 is 6.04. The third kappa shape index (κ3) is 3.34. The van der Waals surface area contributed by atoms with Crippen molar-refractivity contribution in [1.82, 2.24) is 4.90 Å². The van der Waals surface area contributed by atoms with E-state index in [1.807, 2.05) is 12.1 Å². The Morgan fingerprint density at radius 3 is 2.50 bits per heavy atom. The van der Waals surface area contributed by atoms with Crippen molar-refractivity contribution in [2.75, 3.05) is 19.6 Å². The van der Waals surface area contributed by atoms with Crippen LogP contribution in [0.5, 0.6) is 0 Å². The van der Waals surface area contributed by atoms with E-state index in [1.54, 1.807) is 0 Å². The maximum Gasteiger partial charge on any atom is 0.169 e. The van der Waals surface area contributed by atoms with Gasteiger partial charge in [-0.1, -0.05) is 12.8 Å². The monoisotopic (exact) mass is 287 g/mol. The summed E-state index contributed by atoms with van der Waals surface area (Å²) in [4.78, 5) is 2.33. The van der Waals surface area contributed by atoms with Gasteiger partial charge in [-0.2, -0.15) is 0 Å². The van der Waals surface area contributed by atoms with Gasteiger partial charge in [0.1, 0.15) is 11.9 Å². The lowest BCUT2D eigenvalue weighted by atomic mass is 10.2. The zero-order valence-electron chi connectivity index (χ0n) is 9.36. The molecule has 3 nitrogen and oxygen atoms in total. The van der Waals surface area contributed by atoms with Crippen molar-refractivity contribution in [3.8, 4) is 0 Å². The third-order valence-corrected chi connectivity index (χ3v) is 3.48. The lowest BCUT2D eigenvalue weighted by molar-refractivity contribution is 0.0952. The molecule has 0 amide bonds. The van der Waals surface area contributed by atoms with E-state index in [0.29, 0.717) is 17.0 Å². The van der Waals surface area contributed by atoms with Gasteiger partial charge in [-0.25, -0.2) is 0 Å². The fraction of sp³-hybridized carbons (Fsp3) is 0.667. The predicted octanol–water partition coefficient (Wildman–Crippen LogP) is 2.95. The molecule has 1 aliphatic heterocycles. The predicted molar refractivity (Wildman–Crippen MR) is 66.3 cm³/mol. The Hall–Kier alpha value is -0.320. The second-order valence-electron chi connectivity index (χ2n) is 4.37. The highest BCUT2D eigenvalue weighted by Gasteiger charge is 2.17. The number of hydrogen-bond donors (Lipinski definition) is 1. The Morgan fingerprint density at radius 2 is 1.94 bits per heavy atom. The molecule has 0 aromatic carbocycles. The van der Waals surface area contributed by atoms with Crippen molar-refractivity contribution < 1.29 is 9.52 Å². The molecule has 1 unspecified atom stereocenters. The number of hydrogen-bond acceptors (Lipinski definition) is 3. The molecule has 0 saturated carbocycles. The summed E-state index contributed by atoms with van der Waals surface area (Å²) in [6.45, 7) is 2.87. The molecule has 90 valence electrons. The van der Waals surface area contributed by atoms with E-state index >= 15 is 0 Å². The number of rotatable bonds is 3. The molecule has 4 heteroatoms. The smallest absolute Gasteiger partial charge is 0.169 e. The fourth-order valence-corrected chi connectivity index (χ4v) is 2.48. The van der Waals surface area contributed by atoms with Gasteiger partial charge in [0, 0.05) is 6.54 Å². The minimum absolute atomic E-state index is 0.510. The molecule has 1 saturated heterocycles. The molecule has 0 bridgehead atoms. The average Bonchev–Trinajstić information content (AvgIpc) is 2.54. The van der Waals surface area contributed by atoms with Crippen molar-refractivity contribution in [3.63, 3.8) is 0 Å². The molecule has 2 rings (SSSR count). The molecule has 0 aliphatic carbocycles. The normalized spacial score (nSPS) is 20.6. The van der Waals surface area contributed by atoms with Crippen LogP contribution in [0.15, 0.2) is 21.2 Å². The van der Waals surface area contributed by atoms with Crippen molar-refractivity contribution in [1.29, 1.82) is 0 Å². The standard InChI is InChI=1S/C12H18BrNO2/c13-12-6-5-11(16-12)10(15)9-14-7-3-1-2-4-8-14/h5-6,10,15H,1-4,7-9H2. The number of furan rings is 1. The zero-order chi connectivity index (χ0) is 11.4. The first kappa shape index (κ1) is 12.1. The molecule has 1 atom stereocenters. The first-order valence-electron chi connectivity index (χ1n) is 5.91. The lowest BCUT2D eigenvalue weighted by Gasteiger charge is -2.21. The molecule has 16 heavy (non-hydrogen) atoms. The second-order valence-corrected chi connectivity index (χ2v) is 5.15. The maximum absolute atomic E-state index is 10.0. The van der Waals surface area contributed by atoms with Crippen LogP contribution in [-0.4, -0.2) is 29.6 Å². The van der Waals surface area contributed by atoms with Crippen molar-refractivity contribution in [2.24, 2.45) is 0 Å². The number of nitrogens with zero attached hydrogens (tertiary/aromatic N) is 1. The van der Waals surface area contributed by atoms with E-state index < -0.39 is 6.10 Å². The number of likely N-dealkylation sites (tertiary alicyclic amines) is 1. The summed E-state index contributed by atoms with van der Waals surface area (Å²) >= 11 is 3.25. The van der Waals surface area contributed by atoms with Gasteiger partial charge in [0.25, 0.3) is 0 Å². The Balaban J connectivity index is 1.88. The van der Waals surface area contributed by atoms with Gasteiger partial charge < -0.3 is 14.4 Å². The lowest BCUT2D eigenvalue weighted by Crippen LogP contribution is -2.29. The number of halogens is 1. The molecule has 1 N–H and O–H groups in total. The van der Waals surface area contributed by atoms with Crippen LogP contribution in [0.4, 0.5) is 0 Å². The van der Waals surface area contributed by atoms with E-state index in [1.165, 1.54) is 25.7 Å². The molecule has 1 fully saturated rings. The Morgan fingerprint density at radius 1 is 1.25 bits per heavy atom. The van der Waals surface area contributed by atoms with Crippen LogP contribution in [-0.2, 0) is 0 Å². The van der Waals surface area contributed by atoms with Crippen LogP contribution in [0.25, 0.3) is 0 Å². The van der Waals surface area contributed by atoms with Gasteiger partial charge in [-0.3, -0.25) is 0 Å². The van der Waals surface area contributed by atoms with Gasteiger partial charge in [0.05, 0.1) is 0 Å². The SMILES string of the molecule is OC(CN1CCCCCC1)c1ccc(Br)o1. The van der Waals surface area contributed by atoms with Crippen LogP contribution in [0, 0.1) is 0 Å². The summed E-state index contributed by atoms with van der Waals surface area (Å²) in [5, 5.41) is 10.0. The van der Waals surface area contributed by atoms with E-state index in [-0.39, 0.29) is 0 Å². The molecule has 0 spiro atoms.